The van der Waals surface area contributed by atoms with Crippen molar-refractivity contribution < 1.29 is 22.0 Å². The van der Waals surface area contributed by atoms with Crippen molar-refractivity contribution in [3.63, 3.8) is 0 Å². The van der Waals surface area contributed by atoms with Crippen LogP contribution in [0.3, 0.4) is 0 Å². The molecule has 0 radical (unpaired) electrons. The minimum absolute atomic E-state index is 0. The maximum atomic E-state index is 13.5. The minimum atomic E-state index is -2.75. The van der Waals surface area contributed by atoms with Crippen LogP contribution >= 0.6 is 12.4 Å². The third-order valence-corrected chi connectivity index (χ3v) is 9.10. The van der Waals surface area contributed by atoms with Gasteiger partial charge in [-0.25, -0.2) is 8.78 Å². The molecular weight excluding hydrogens is 508 g/mol. The van der Waals surface area contributed by atoms with Gasteiger partial charge in [0.25, 0.3) is 5.91 Å². The van der Waals surface area contributed by atoms with Crippen LogP contribution in [0, 0.1) is 16.2 Å². The van der Waals surface area contributed by atoms with E-state index in [2.05, 4.69) is 28.0 Å². The number of amides is 1. The zero-order valence-electron chi connectivity index (χ0n) is 20.8. The summed E-state index contributed by atoms with van der Waals surface area (Å²) in [6.07, 6.45) is 3.11. The van der Waals surface area contributed by atoms with Crippen LogP contribution in [-0.4, -0.2) is 58.4 Å². The van der Waals surface area contributed by atoms with E-state index in [9.17, 15) is 22.0 Å². The van der Waals surface area contributed by atoms with E-state index >= 15 is 0 Å². The second-order valence-corrected chi connectivity index (χ2v) is 12.4. The third kappa shape index (κ3) is 4.98. The number of alkyl halides is 2. The summed E-state index contributed by atoms with van der Waals surface area (Å²) in [6, 6.07) is 6.88. The molecule has 5 aliphatic rings. The van der Waals surface area contributed by atoms with Gasteiger partial charge in [0.15, 0.2) is 0 Å². The van der Waals surface area contributed by atoms with Gasteiger partial charge >= 0.3 is 10.5 Å². The minimum Gasteiger partial charge on any atom is -0.369 e. The van der Waals surface area contributed by atoms with Gasteiger partial charge in [-0.2, -0.15) is 8.42 Å². The molecule has 2 bridgehead atoms. The normalized spacial score (nSPS) is 29.2. The quantitative estimate of drug-likeness (QED) is 0.452. The molecule has 4 fully saturated rings. The lowest BCUT2D eigenvalue weighted by Gasteiger charge is -2.72. The van der Waals surface area contributed by atoms with Gasteiger partial charge in [-0.15, -0.1) is 12.4 Å². The number of halogens is 3. The van der Waals surface area contributed by atoms with Gasteiger partial charge in [-0.1, -0.05) is 29.4 Å². The first-order valence-corrected chi connectivity index (χ1v) is 13.5. The predicted octanol–water partition coefficient (Wildman–Crippen LogP) is 5.38. The molecule has 4 aliphatic carbocycles. The van der Waals surface area contributed by atoms with Crippen LogP contribution in [0.4, 0.5) is 14.5 Å². The van der Waals surface area contributed by atoms with Crippen LogP contribution in [0.1, 0.15) is 62.7 Å². The Bertz CT molecular complexity index is 1160. The summed E-state index contributed by atoms with van der Waals surface area (Å²) < 4.78 is 51.2. The van der Waals surface area contributed by atoms with Crippen molar-refractivity contribution in [1.82, 2.24) is 4.90 Å². The van der Waals surface area contributed by atoms with E-state index in [1.54, 1.807) is 12.1 Å². The Balaban J connectivity index is 0.00000304. The highest BCUT2D eigenvalue weighted by atomic mass is 35.5. The van der Waals surface area contributed by atoms with Gasteiger partial charge in [0.1, 0.15) is 0 Å². The Labute approximate surface area is 219 Å². The summed E-state index contributed by atoms with van der Waals surface area (Å²) in [4.78, 5) is 16.5. The molecular formula is C26H34ClF2N3O3S. The van der Waals surface area contributed by atoms with E-state index < -0.39 is 28.2 Å². The molecule has 1 heterocycles. The number of carbonyl (C=O) groups excluding carboxylic acids is 1. The molecule has 1 amide bonds. The second-order valence-electron chi connectivity index (χ2n) is 11.8. The highest BCUT2D eigenvalue weighted by Gasteiger charge is 2.73. The molecule has 198 valence electrons. The molecule has 10 heteroatoms. The summed E-state index contributed by atoms with van der Waals surface area (Å²) in [5, 5.41) is 0. The first-order chi connectivity index (χ1) is 16.5. The predicted molar refractivity (Wildman–Crippen MR) is 137 cm³/mol. The zero-order chi connectivity index (χ0) is 25.0. The summed E-state index contributed by atoms with van der Waals surface area (Å²) in [7, 11) is -2.75. The van der Waals surface area contributed by atoms with Crippen molar-refractivity contribution in [2.75, 3.05) is 37.6 Å². The van der Waals surface area contributed by atoms with Crippen molar-refractivity contribution in [3.8, 4) is 0 Å². The molecule has 0 N–H and O–H groups in total. The Kier molecular flexibility index (Phi) is 7.40. The number of hydrogen-bond acceptors (Lipinski definition) is 5. The molecule has 1 aliphatic heterocycles. The second kappa shape index (κ2) is 9.80. The smallest absolute Gasteiger partial charge is 0.319 e. The van der Waals surface area contributed by atoms with Gasteiger partial charge in [0, 0.05) is 49.4 Å². The summed E-state index contributed by atoms with van der Waals surface area (Å²) in [5.41, 5.74) is 3.86. The molecule has 1 aromatic rings. The Morgan fingerprint density at radius 2 is 1.67 bits per heavy atom. The van der Waals surface area contributed by atoms with Crippen LogP contribution < -0.4 is 4.90 Å². The Hall–Kier alpha value is -1.84. The number of nitrogens with zero attached hydrogens (tertiary/aromatic N) is 3. The lowest BCUT2D eigenvalue weighted by molar-refractivity contribution is -0.250. The highest BCUT2D eigenvalue weighted by Crippen LogP contribution is 2.79. The Morgan fingerprint density at radius 1 is 1.06 bits per heavy atom. The van der Waals surface area contributed by atoms with Crippen molar-refractivity contribution in [3.05, 3.63) is 41.0 Å². The van der Waals surface area contributed by atoms with Crippen LogP contribution in [0.15, 0.2) is 39.8 Å². The maximum absolute atomic E-state index is 13.5. The van der Waals surface area contributed by atoms with E-state index in [1.807, 2.05) is 12.1 Å². The molecule has 1 aromatic carbocycles. The maximum Gasteiger partial charge on any atom is 0.319 e. The van der Waals surface area contributed by atoms with Crippen LogP contribution in [0.2, 0.25) is 0 Å². The molecule has 6 nitrogen and oxygen atoms in total. The van der Waals surface area contributed by atoms with Crippen molar-refractivity contribution >= 4 is 34.5 Å². The fourth-order valence-electron chi connectivity index (χ4n) is 6.86. The van der Waals surface area contributed by atoms with Crippen molar-refractivity contribution in [2.45, 2.75) is 58.8 Å². The van der Waals surface area contributed by atoms with Crippen LogP contribution in [-0.2, 0) is 10.5 Å². The molecule has 0 atom stereocenters. The van der Waals surface area contributed by atoms with Gasteiger partial charge in [0.05, 0.1) is 0 Å². The summed E-state index contributed by atoms with van der Waals surface area (Å²) in [6.45, 7) is 9.10. The topological polar surface area (TPSA) is 70.0 Å². The fourth-order valence-corrected chi connectivity index (χ4v) is 7.10. The Morgan fingerprint density at radius 3 is 2.22 bits per heavy atom. The lowest BCUT2D eigenvalue weighted by Crippen LogP contribution is -2.66. The molecule has 0 spiro atoms. The van der Waals surface area contributed by atoms with Gasteiger partial charge < -0.3 is 4.90 Å². The largest absolute Gasteiger partial charge is 0.369 e. The number of hydrogen-bond donors (Lipinski definition) is 0. The third-order valence-electron chi connectivity index (χ3n) is 8.78. The molecule has 0 aromatic heterocycles. The van der Waals surface area contributed by atoms with E-state index in [-0.39, 0.29) is 28.8 Å². The molecule has 3 saturated carbocycles. The number of piperazine rings is 1. The van der Waals surface area contributed by atoms with Gasteiger partial charge in [0.2, 0.25) is 6.43 Å². The van der Waals surface area contributed by atoms with Crippen molar-refractivity contribution in [1.29, 1.82) is 0 Å². The zero-order valence-corrected chi connectivity index (χ0v) is 22.4. The molecule has 6 rings (SSSR count). The average molecular weight is 542 g/mol. The average Bonchev–Trinajstić information content (AvgIpc) is 2.73. The van der Waals surface area contributed by atoms with Gasteiger partial charge in [-0.3, -0.25) is 9.69 Å². The number of allylic oxidation sites excluding steroid dienone is 1. The molecule has 0 unspecified atom stereocenters. The number of carbonyl (C=O) groups is 1. The molecule has 1 saturated heterocycles. The first kappa shape index (κ1) is 27.2. The van der Waals surface area contributed by atoms with Crippen LogP contribution in [0.25, 0.3) is 0 Å². The monoisotopic (exact) mass is 541 g/mol. The fraction of sp³-hybridized carbons (Fsp3) is 0.654. The summed E-state index contributed by atoms with van der Waals surface area (Å²) in [5.74, 6) is -0.766. The SMILES string of the molecule is CC1(C)CCC(CN2CCN(c3ccc(C(=O)N=S(=O)=O)cc3)CC2)=C(C23CC(C(F)F)(C2)C3)C1.Cl. The lowest BCUT2D eigenvalue weighted by atomic mass is 9.32. The van der Waals surface area contributed by atoms with E-state index in [4.69, 9.17) is 0 Å². The number of rotatable bonds is 6. The van der Waals surface area contributed by atoms with E-state index in [0.29, 0.717) is 19.3 Å². The standard InChI is InChI=1S/C26H33F2N3O3S.ClH/c1-24(2)8-7-19(21(13-24)25-15-26(16-25,17-25)23(27)28)14-30-9-11-31(12-10-30)20-5-3-18(4-6-20)22(32)29-35(33)34;/h3-6,23H,7-17H2,1-2H3;1H. The van der Waals surface area contributed by atoms with Crippen molar-refractivity contribution in [2.24, 2.45) is 20.6 Å². The molecule has 36 heavy (non-hydrogen) atoms. The van der Waals surface area contributed by atoms with Gasteiger partial charge in [-0.05, 0) is 73.6 Å². The van der Waals surface area contributed by atoms with E-state index in [1.165, 1.54) is 11.1 Å². The first-order valence-electron chi connectivity index (χ1n) is 12.4. The number of benzene rings is 1. The number of anilines is 1. The highest BCUT2D eigenvalue weighted by molar-refractivity contribution is 7.62. The van der Waals surface area contributed by atoms with Crippen LogP contribution in [0.5, 0.6) is 0 Å². The van der Waals surface area contributed by atoms with E-state index in [0.717, 1.165) is 57.7 Å². The summed E-state index contributed by atoms with van der Waals surface area (Å²) >= 11 is 0.